The van der Waals surface area contributed by atoms with Gasteiger partial charge >= 0.3 is 0 Å². The van der Waals surface area contributed by atoms with Crippen molar-refractivity contribution in [3.63, 3.8) is 0 Å². The molecule has 0 bridgehead atoms. The first kappa shape index (κ1) is 19.0. The Kier molecular flexibility index (Phi) is 5.79. The maximum Gasteiger partial charge on any atom is 0.253 e. The first-order valence-electron chi connectivity index (χ1n) is 9.38. The van der Waals surface area contributed by atoms with E-state index in [1.807, 2.05) is 49.3 Å². The molecule has 3 rings (SSSR count). The van der Waals surface area contributed by atoms with Crippen molar-refractivity contribution in [3.8, 4) is 11.1 Å². The summed E-state index contributed by atoms with van der Waals surface area (Å²) in [5.74, 6) is -0.0206. The molecule has 1 fully saturated rings. The number of amides is 2. The van der Waals surface area contributed by atoms with Crippen molar-refractivity contribution in [3.05, 3.63) is 54.1 Å². The number of carbonyl (C=O) groups is 2. The minimum atomic E-state index is -0.0444. The smallest absolute Gasteiger partial charge is 0.253 e. The van der Waals surface area contributed by atoms with Gasteiger partial charge in [0.25, 0.3) is 5.91 Å². The molecule has 1 aliphatic heterocycles. The zero-order valence-corrected chi connectivity index (χ0v) is 16.2. The van der Waals surface area contributed by atoms with Crippen molar-refractivity contribution in [1.82, 2.24) is 10.2 Å². The monoisotopic (exact) mass is 365 g/mol. The maximum atomic E-state index is 13.0. The topological polar surface area (TPSA) is 52.7 Å². The molecule has 1 atom stereocenters. The van der Waals surface area contributed by atoms with Gasteiger partial charge in [-0.1, -0.05) is 24.3 Å². The molecule has 1 aliphatic rings. The van der Waals surface area contributed by atoms with Gasteiger partial charge in [0, 0.05) is 51.4 Å². The molecule has 142 valence electrons. The van der Waals surface area contributed by atoms with Crippen LogP contribution in [0.25, 0.3) is 11.1 Å². The Labute approximate surface area is 161 Å². The van der Waals surface area contributed by atoms with Gasteiger partial charge in [-0.2, -0.15) is 0 Å². The molecule has 5 nitrogen and oxygen atoms in total. The van der Waals surface area contributed by atoms with Crippen LogP contribution in [0.5, 0.6) is 0 Å². The third-order valence-corrected chi connectivity index (χ3v) is 4.92. The number of nitrogens with one attached hydrogen (secondary N) is 1. The summed E-state index contributed by atoms with van der Waals surface area (Å²) in [5, 5.41) is 2.93. The van der Waals surface area contributed by atoms with Crippen LogP contribution in [0.2, 0.25) is 0 Å². The summed E-state index contributed by atoms with van der Waals surface area (Å²) >= 11 is 0. The fraction of sp³-hybridized carbons (Fsp3) is 0.364. The second-order valence-corrected chi connectivity index (χ2v) is 7.32. The van der Waals surface area contributed by atoms with Crippen molar-refractivity contribution in [2.24, 2.45) is 0 Å². The Bertz CT molecular complexity index is 832. The highest BCUT2D eigenvalue weighted by molar-refractivity contribution is 5.95. The molecule has 0 unspecified atom stereocenters. The third kappa shape index (κ3) is 4.67. The van der Waals surface area contributed by atoms with Crippen LogP contribution in [-0.4, -0.2) is 49.9 Å². The summed E-state index contributed by atoms with van der Waals surface area (Å²) in [7, 11) is 4.03. The number of rotatable bonds is 4. The van der Waals surface area contributed by atoms with Crippen LogP contribution in [-0.2, 0) is 4.79 Å². The molecule has 0 radical (unpaired) electrons. The van der Waals surface area contributed by atoms with Gasteiger partial charge in [0.15, 0.2) is 0 Å². The molecular formula is C22H27N3O2. The lowest BCUT2D eigenvalue weighted by molar-refractivity contribution is -0.120. The summed E-state index contributed by atoms with van der Waals surface area (Å²) in [6, 6.07) is 16.1. The van der Waals surface area contributed by atoms with Crippen LogP contribution in [0.1, 0.15) is 30.1 Å². The van der Waals surface area contributed by atoms with Gasteiger partial charge in [0.2, 0.25) is 5.91 Å². The Morgan fingerprint density at radius 3 is 2.48 bits per heavy atom. The number of nitrogens with zero attached hydrogens (tertiary/aromatic N) is 2. The average Bonchev–Trinajstić information content (AvgIpc) is 2.67. The van der Waals surface area contributed by atoms with Gasteiger partial charge in [-0.15, -0.1) is 0 Å². The number of hydrogen-bond donors (Lipinski definition) is 1. The predicted octanol–water partition coefficient (Wildman–Crippen LogP) is 3.16. The van der Waals surface area contributed by atoms with E-state index >= 15 is 0 Å². The molecule has 27 heavy (non-hydrogen) atoms. The van der Waals surface area contributed by atoms with E-state index in [0.29, 0.717) is 12.1 Å². The number of carbonyl (C=O) groups excluding carboxylic acids is 2. The standard InChI is InChI=1S/C22H27N3O2/c1-16(26)23-20-10-6-12-25(15-20)22(27)19-9-4-7-17(13-19)18-8-5-11-21(14-18)24(2)3/h4-5,7-9,11,13-14,20H,6,10,12,15H2,1-3H3,(H,23,26)/t20-/m1/s1. The molecular weight excluding hydrogens is 338 g/mol. The Morgan fingerprint density at radius 2 is 1.78 bits per heavy atom. The first-order chi connectivity index (χ1) is 12.9. The third-order valence-electron chi connectivity index (χ3n) is 4.92. The summed E-state index contributed by atoms with van der Waals surface area (Å²) in [6.07, 6.45) is 1.82. The van der Waals surface area contributed by atoms with Crippen LogP contribution in [0.15, 0.2) is 48.5 Å². The lowest BCUT2D eigenvalue weighted by atomic mass is 10.0. The molecule has 2 aromatic carbocycles. The molecule has 0 aromatic heterocycles. The molecule has 1 heterocycles. The van der Waals surface area contributed by atoms with Crippen LogP contribution in [0.3, 0.4) is 0 Å². The fourth-order valence-electron chi connectivity index (χ4n) is 3.54. The first-order valence-corrected chi connectivity index (χ1v) is 9.38. The van der Waals surface area contributed by atoms with E-state index in [1.54, 1.807) is 0 Å². The van der Waals surface area contributed by atoms with Crippen LogP contribution < -0.4 is 10.2 Å². The largest absolute Gasteiger partial charge is 0.378 e. The van der Waals surface area contributed by atoms with Gasteiger partial charge in [-0.25, -0.2) is 0 Å². The highest BCUT2D eigenvalue weighted by Gasteiger charge is 2.25. The van der Waals surface area contributed by atoms with Crippen LogP contribution in [0, 0.1) is 0 Å². The van der Waals surface area contributed by atoms with Crippen molar-refractivity contribution in [2.75, 3.05) is 32.1 Å². The van der Waals surface area contributed by atoms with E-state index in [-0.39, 0.29) is 17.9 Å². The number of anilines is 1. The van der Waals surface area contributed by atoms with Gasteiger partial charge in [0.1, 0.15) is 0 Å². The SMILES string of the molecule is CC(=O)N[C@@H]1CCCN(C(=O)c2cccc(-c3cccc(N(C)C)c3)c2)C1. The number of hydrogen-bond acceptors (Lipinski definition) is 3. The Balaban J connectivity index is 1.80. The molecule has 1 N–H and O–H groups in total. The van der Waals surface area contributed by atoms with Gasteiger partial charge in [-0.05, 0) is 48.2 Å². The lowest BCUT2D eigenvalue weighted by Crippen LogP contribution is -2.49. The summed E-state index contributed by atoms with van der Waals surface area (Å²) in [4.78, 5) is 28.2. The zero-order valence-electron chi connectivity index (χ0n) is 16.2. The second kappa shape index (κ2) is 8.25. The van der Waals surface area contributed by atoms with Gasteiger partial charge in [-0.3, -0.25) is 9.59 Å². The number of benzene rings is 2. The Hall–Kier alpha value is -2.82. The van der Waals surface area contributed by atoms with Crippen LogP contribution >= 0.6 is 0 Å². The molecule has 5 heteroatoms. The Morgan fingerprint density at radius 1 is 1.07 bits per heavy atom. The normalized spacial score (nSPS) is 16.7. The van der Waals surface area contributed by atoms with Crippen LogP contribution in [0.4, 0.5) is 5.69 Å². The number of piperidine rings is 1. The van der Waals surface area contributed by atoms with E-state index in [9.17, 15) is 9.59 Å². The quantitative estimate of drug-likeness (QED) is 0.905. The molecule has 0 spiro atoms. The molecule has 2 aromatic rings. The minimum absolute atomic E-state index is 0.0238. The fourth-order valence-corrected chi connectivity index (χ4v) is 3.54. The molecule has 2 amide bonds. The van der Waals surface area contributed by atoms with Gasteiger partial charge in [0.05, 0.1) is 0 Å². The predicted molar refractivity (Wildman–Crippen MR) is 109 cm³/mol. The van der Waals surface area contributed by atoms with E-state index in [0.717, 1.165) is 36.2 Å². The van der Waals surface area contributed by atoms with Crippen molar-refractivity contribution in [1.29, 1.82) is 0 Å². The van der Waals surface area contributed by atoms with E-state index < -0.39 is 0 Å². The van der Waals surface area contributed by atoms with E-state index in [2.05, 4.69) is 28.4 Å². The summed E-state index contributed by atoms with van der Waals surface area (Å²) in [5.41, 5.74) is 3.93. The highest BCUT2D eigenvalue weighted by Crippen LogP contribution is 2.25. The summed E-state index contributed by atoms with van der Waals surface area (Å²) < 4.78 is 0. The number of likely N-dealkylation sites (tertiary alicyclic amines) is 1. The van der Waals surface area contributed by atoms with Crippen molar-refractivity contribution in [2.45, 2.75) is 25.8 Å². The zero-order chi connectivity index (χ0) is 19.4. The summed E-state index contributed by atoms with van der Waals surface area (Å²) in [6.45, 7) is 2.82. The minimum Gasteiger partial charge on any atom is -0.378 e. The maximum absolute atomic E-state index is 13.0. The molecule has 0 saturated carbocycles. The molecule has 1 saturated heterocycles. The average molecular weight is 365 g/mol. The van der Waals surface area contributed by atoms with E-state index in [4.69, 9.17) is 0 Å². The van der Waals surface area contributed by atoms with Crippen molar-refractivity contribution < 1.29 is 9.59 Å². The highest BCUT2D eigenvalue weighted by atomic mass is 16.2. The molecule has 0 aliphatic carbocycles. The van der Waals surface area contributed by atoms with E-state index in [1.165, 1.54) is 6.92 Å². The lowest BCUT2D eigenvalue weighted by Gasteiger charge is -2.33. The van der Waals surface area contributed by atoms with Gasteiger partial charge < -0.3 is 15.1 Å². The second-order valence-electron chi connectivity index (χ2n) is 7.32. The van der Waals surface area contributed by atoms with Crippen molar-refractivity contribution >= 4 is 17.5 Å².